The number of halogens is 1. The molecule has 0 aliphatic rings. The van der Waals surface area contributed by atoms with Crippen molar-refractivity contribution in [3.05, 3.63) is 87.1 Å². The second-order valence-electron chi connectivity index (χ2n) is 6.16. The first-order valence-electron chi connectivity index (χ1n) is 9.15. The lowest BCUT2D eigenvalue weighted by Crippen LogP contribution is -2.38. The van der Waals surface area contributed by atoms with Crippen LogP contribution in [0.1, 0.15) is 22.8 Å². The van der Waals surface area contributed by atoms with Crippen LogP contribution in [0.2, 0.25) is 5.15 Å². The van der Waals surface area contributed by atoms with E-state index < -0.39 is 23.8 Å². The number of hydrogen-bond acceptors (Lipinski definition) is 8. The molecular weight excluding hydrogens is 428 g/mol. The number of aromatic nitrogens is 1. The summed E-state index contributed by atoms with van der Waals surface area (Å²) in [5, 5.41) is 11.5. The van der Waals surface area contributed by atoms with Gasteiger partial charge in [0.25, 0.3) is 6.20 Å². The molecule has 0 saturated heterocycles. The van der Waals surface area contributed by atoms with Gasteiger partial charge in [0.1, 0.15) is 5.15 Å². The van der Waals surface area contributed by atoms with Crippen molar-refractivity contribution in [1.29, 1.82) is 0 Å². The monoisotopic (exact) mass is 448 g/mol. The van der Waals surface area contributed by atoms with Gasteiger partial charge in [0.2, 0.25) is 6.79 Å². The quantitative estimate of drug-likeness (QED) is 0.188. The normalized spacial score (nSPS) is 10.9. The number of esters is 1. The van der Waals surface area contributed by atoms with Crippen molar-refractivity contribution >= 4 is 23.7 Å². The maximum absolute atomic E-state index is 12.4. The largest absolute Gasteiger partial charge is 0.424 e. The Morgan fingerprint density at radius 3 is 2.48 bits per heavy atom. The van der Waals surface area contributed by atoms with Gasteiger partial charge in [-0.15, -0.1) is 0 Å². The van der Waals surface area contributed by atoms with Crippen molar-refractivity contribution in [3.63, 3.8) is 0 Å². The number of carbonyl (C=O) groups is 2. The van der Waals surface area contributed by atoms with Crippen molar-refractivity contribution in [2.24, 2.45) is 0 Å². The van der Waals surface area contributed by atoms with Crippen molar-refractivity contribution in [2.45, 2.75) is 13.5 Å². The number of amides is 1. The number of hydrogen-bond donors (Lipinski definition) is 0. The van der Waals surface area contributed by atoms with Crippen molar-refractivity contribution in [1.82, 2.24) is 14.8 Å². The van der Waals surface area contributed by atoms with E-state index in [-0.39, 0.29) is 12.4 Å². The van der Waals surface area contributed by atoms with Crippen LogP contribution in [0.3, 0.4) is 0 Å². The van der Waals surface area contributed by atoms with Gasteiger partial charge < -0.3 is 14.4 Å². The summed E-state index contributed by atoms with van der Waals surface area (Å²) in [4.78, 5) is 41.3. The van der Waals surface area contributed by atoms with Gasteiger partial charge in [0, 0.05) is 26.3 Å². The maximum Gasteiger partial charge on any atom is 0.418 e. The fourth-order valence-corrected chi connectivity index (χ4v) is 2.64. The number of carbonyl (C=O) groups excluding carboxylic acids is 2. The highest BCUT2D eigenvalue weighted by Crippen LogP contribution is 2.16. The average Bonchev–Trinajstić information content (AvgIpc) is 2.77. The van der Waals surface area contributed by atoms with Crippen LogP contribution in [0.4, 0.5) is 4.79 Å². The molecule has 11 heteroatoms. The number of pyridine rings is 1. The van der Waals surface area contributed by atoms with E-state index in [1.807, 2.05) is 0 Å². The van der Waals surface area contributed by atoms with Crippen LogP contribution in [0, 0.1) is 10.1 Å². The van der Waals surface area contributed by atoms with Crippen LogP contribution >= 0.6 is 11.6 Å². The Morgan fingerprint density at radius 1 is 1.19 bits per heavy atom. The van der Waals surface area contributed by atoms with Gasteiger partial charge in [-0.05, 0) is 30.7 Å². The van der Waals surface area contributed by atoms with Gasteiger partial charge >= 0.3 is 12.1 Å². The molecule has 0 unspecified atom stereocenters. The van der Waals surface area contributed by atoms with Crippen molar-refractivity contribution in [3.8, 4) is 0 Å². The Bertz CT molecular complexity index is 936. The smallest absolute Gasteiger partial charge is 0.418 e. The van der Waals surface area contributed by atoms with Crippen LogP contribution < -0.4 is 0 Å². The third-order valence-corrected chi connectivity index (χ3v) is 4.31. The maximum atomic E-state index is 12.4. The lowest BCUT2D eigenvalue weighted by molar-refractivity contribution is -0.405. The summed E-state index contributed by atoms with van der Waals surface area (Å²) in [5.41, 5.74) is 1.04. The standard InChI is InChI=1S/C20H21ClN4O6/c1-3-24(12-15-9-10-17(21)22-11-15)18(13-25(28)29)23(2)20(27)31-14-30-19(26)16-7-5-4-6-8-16/h4-11,13H,3,12,14H2,1-2H3/b18-13-. The lowest BCUT2D eigenvalue weighted by atomic mass is 10.2. The summed E-state index contributed by atoms with van der Waals surface area (Å²) in [6.45, 7) is 1.72. The van der Waals surface area contributed by atoms with Gasteiger partial charge in [-0.1, -0.05) is 35.9 Å². The van der Waals surface area contributed by atoms with E-state index in [0.717, 1.165) is 10.5 Å². The lowest BCUT2D eigenvalue weighted by Gasteiger charge is -2.29. The topological polar surface area (TPSA) is 115 Å². The molecule has 10 nitrogen and oxygen atoms in total. The first-order chi connectivity index (χ1) is 14.8. The predicted molar refractivity (Wildman–Crippen MR) is 111 cm³/mol. The molecule has 1 aromatic carbocycles. The average molecular weight is 449 g/mol. The van der Waals surface area contributed by atoms with E-state index in [4.69, 9.17) is 21.1 Å². The Hall–Kier alpha value is -3.66. The van der Waals surface area contributed by atoms with Crippen molar-refractivity contribution < 1.29 is 24.0 Å². The van der Waals surface area contributed by atoms with E-state index in [1.165, 1.54) is 13.2 Å². The van der Waals surface area contributed by atoms with E-state index in [0.29, 0.717) is 23.5 Å². The molecule has 0 atom stereocenters. The SMILES string of the molecule is CCN(Cc1ccc(Cl)nc1)/C(=C\[N+](=O)[O-])N(C)C(=O)OCOC(=O)c1ccccc1. The fraction of sp³-hybridized carbons (Fsp3) is 0.250. The highest BCUT2D eigenvalue weighted by atomic mass is 35.5. The molecule has 2 rings (SSSR count). The van der Waals surface area contributed by atoms with Crippen LogP contribution in [0.25, 0.3) is 0 Å². The summed E-state index contributed by atoms with van der Waals surface area (Å²) in [6.07, 6.45) is 1.31. The van der Waals surface area contributed by atoms with E-state index in [9.17, 15) is 19.7 Å². The summed E-state index contributed by atoms with van der Waals surface area (Å²) < 4.78 is 9.85. The second-order valence-corrected chi connectivity index (χ2v) is 6.55. The van der Waals surface area contributed by atoms with Crippen LogP contribution in [0.5, 0.6) is 0 Å². The minimum absolute atomic E-state index is 0.0122. The molecule has 0 aliphatic carbocycles. The number of nitrogens with zero attached hydrogens (tertiary/aromatic N) is 4. The number of nitro groups is 1. The van der Waals surface area contributed by atoms with E-state index >= 15 is 0 Å². The summed E-state index contributed by atoms with van der Waals surface area (Å²) in [5.74, 6) is -0.677. The van der Waals surface area contributed by atoms with Crippen LogP contribution in [-0.4, -0.2) is 52.2 Å². The molecule has 164 valence electrons. The molecular formula is C20H21ClN4O6. The zero-order chi connectivity index (χ0) is 22.8. The second kappa shape index (κ2) is 11.5. The summed E-state index contributed by atoms with van der Waals surface area (Å²) >= 11 is 5.78. The summed E-state index contributed by atoms with van der Waals surface area (Å²) in [7, 11) is 1.32. The van der Waals surface area contributed by atoms with Crippen LogP contribution in [0.15, 0.2) is 60.7 Å². The predicted octanol–water partition coefficient (Wildman–Crippen LogP) is 3.52. The molecule has 0 saturated carbocycles. The first kappa shape index (κ1) is 23.6. The first-order valence-corrected chi connectivity index (χ1v) is 9.53. The zero-order valence-electron chi connectivity index (χ0n) is 16.9. The highest BCUT2D eigenvalue weighted by molar-refractivity contribution is 6.29. The molecule has 0 radical (unpaired) electrons. The molecule has 0 N–H and O–H groups in total. The third-order valence-electron chi connectivity index (χ3n) is 4.09. The molecule has 2 aromatic rings. The van der Waals surface area contributed by atoms with Crippen LogP contribution in [-0.2, 0) is 16.0 Å². The van der Waals surface area contributed by atoms with Gasteiger partial charge in [-0.2, -0.15) is 0 Å². The molecule has 31 heavy (non-hydrogen) atoms. The Morgan fingerprint density at radius 2 is 1.90 bits per heavy atom. The fourth-order valence-electron chi connectivity index (χ4n) is 2.53. The molecule has 0 spiro atoms. The molecule has 1 aromatic heterocycles. The third kappa shape index (κ3) is 7.27. The van der Waals surface area contributed by atoms with Crippen molar-refractivity contribution in [2.75, 3.05) is 20.4 Å². The number of ether oxygens (including phenoxy) is 2. The molecule has 0 bridgehead atoms. The van der Waals surface area contributed by atoms with Gasteiger partial charge in [0.15, 0.2) is 5.82 Å². The highest BCUT2D eigenvalue weighted by Gasteiger charge is 2.24. The Kier molecular flexibility index (Phi) is 8.77. The molecule has 0 aliphatic heterocycles. The molecule has 1 heterocycles. The van der Waals surface area contributed by atoms with Gasteiger partial charge in [-0.3, -0.25) is 15.0 Å². The molecule has 0 fully saturated rings. The Labute approximate surface area is 183 Å². The number of benzene rings is 1. The number of rotatable bonds is 9. The zero-order valence-corrected chi connectivity index (χ0v) is 17.7. The summed E-state index contributed by atoms with van der Waals surface area (Å²) in [6, 6.07) is 11.5. The van der Waals surface area contributed by atoms with E-state index in [1.54, 1.807) is 54.3 Å². The molecule has 1 amide bonds. The van der Waals surface area contributed by atoms with Gasteiger partial charge in [0.05, 0.1) is 10.5 Å². The van der Waals surface area contributed by atoms with E-state index in [2.05, 4.69) is 4.98 Å². The van der Waals surface area contributed by atoms with Gasteiger partial charge in [-0.25, -0.2) is 14.6 Å². The minimum Gasteiger partial charge on any atom is -0.424 e. The Balaban J connectivity index is 2.04. The minimum atomic E-state index is -0.929.